The Kier molecular flexibility index (Phi) is 8.58. The number of nitrogens with zero attached hydrogens (tertiary/aromatic N) is 2. The summed E-state index contributed by atoms with van der Waals surface area (Å²) in [5.74, 6) is 0.929. The minimum atomic E-state index is -0.719. The van der Waals surface area contributed by atoms with E-state index in [-0.39, 0.29) is 12.0 Å². The van der Waals surface area contributed by atoms with E-state index in [1.54, 1.807) is 14.2 Å². The second-order valence-corrected chi connectivity index (χ2v) is 8.99. The lowest BCUT2D eigenvalue weighted by Crippen LogP contribution is -2.48. The number of carbonyl (C=O) groups is 1. The van der Waals surface area contributed by atoms with E-state index in [1.165, 1.54) is 18.4 Å². The zero-order chi connectivity index (χ0) is 22.4. The van der Waals surface area contributed by atoms with Crippen LogP contribution in [-0.4, -0.2) is 87.1 Å². The highest BCUT2D eigenvalue weighted by Gasteiger charge is 2.40. The number of benzene rings is 1. The van der Waals surface area contributed by atoms with Crippen LogP contribution in [0.3, 0.4) is 0 Å². The number of carboxylic acids is 1. The molecule has 0 bridgehead atoms. The molecule has 7 nitrogen and oxygen atoms in total. The highest BCUT2D eigenvalue weighted by atomic mass is 16.5. The van der Waals surface area contributed by atoms with Crippen LogP contribution in [0.5, 0.6) is 11.5 Å². The minimum Gasteiger partial charge on any atom is -0.493 e. The standard InChI is InChI=1S/C24H38N2O5/c1-25(2)23(24(27)28)18-11-13-26(16-18)19-7-5-6-8-20(19)31-14-12-17-9-10-21(29-3)22(15-17)30-4/h9-10,15,18-20,23H,5-8,11-14,16H2,1-4H3,(H,27,28)/t18-,19-,20+,23?/m0/s1. The van der Waals surface area contributed by atoms with Crippen LogP contribution < -0.4 is 9.47 Å². The van der Waals surface area contributed by atoms with Gasteiger partial charge < -0.3 is 19.3 Å². The van der Waals surface area contributed by atoms with Crippen molar-refractivity contribution in [1.82, 2.24) is 9.80 Å². The van der Waals surface area contributed by atoms with Crippen LogP contribution in [0.2, 0.25) is 0 Å². The Bertz CT molecular complexity index is 726. The summed E-state index contributed by atoms with van der Waals surface area (Å²) in [7, 11) is 7.02. The largest absolute Gasteiger partial charge is 0.493 e. The molecular weight excluding hydrogens is 396 g/mol. The van der Waals surface area contributed by atoms with E-state index in [0.29, 0.717) is 12.6 Å². The Balaban J connectivity index is 1.56. The monoisotopic (exact) mass is 434 g/mol. The topological polar surface area (TPSA) is 71.5 Å². The van der Waals surface area contributed by atoms with Gasteiger partial charge in [0.25, 0.3) is 0 Å². The Morgan fingerprint density at radius 3 is 2.58 bits per heavy atom. The molecule has 174 valence electrons. The van der Waals surface area contributed by atoms with Gasteiger partial charge in [0.05, 0.1) is 26.9 Å². The van der Waals surface area contributed by atoms with E-state index in [4.69, 9.17) is 14.2 Å². The van der Waals surface area contributed by atoms with Crippen LogP contribution in [0.15, 0.2) is 18.2 Å². The van der Waals surface area contributed by atoms with Crippen LogP contribution in [0.4, 0.5) is 0 Å². The van der Waals surface area contributed by atoms with E-state index >= 15 is 0 Å². The van der Waals surface area contributed by atoms with Gasteiger partial charge in [-0.15, -0.1) is 0 Å². The molecule has 3 rings (SSSR count). The van der Waals surface area contributed by atoms with Gasteiger partial charge in [-0.1, -0.05) is 18.9 Å². The van der Waals surface area contributed by atoms with Gasteiger partial charge in [0.1, 0.15) is 6.04 Å². The molecular formula is C24H38N2O5. The number of hydrogen-bond donors (Lipinski definition) is 1. The zero-order valence-corrected chi connectivity index (χ0v) is 19.4. The predicted octanol–water partition coefficient (Wildman–Crippen LogP) is 2.91. The van der Waals surface area contributed by atoms with Crippen LogP contribution in [-0.2, 0) is 16.0 Å². The molecule has 4 atom stereocenters. The molecule has 7 heteroatoms. The normalized spacial score (nSPS) is 25.5. The quantitative estimate of drug-likeness (QED) is 0.607. The van der Waals surface area contributed by atoms with Gasteiger partial charge in [0.2, 0.25) is 0 Å². The molecule has 1 saturated heterocycles. The molecule has 1 aliphatic carbocycles. The van der Waals surface area contributed by atoms with Crippen molar-refractivity contribution in [2.45, 2.75) is 56.7 Å². The fourth-order valence-electron chi connectivity index (χ4n) is 5.27. The lowest BCUT2D eigenvalue weighted by molar-refractivity contribution is -0.144. The Morgan fingerprint density at radius 2 is 1.90 bits per heavy atom. The lowest BCUT2D eigenvalue weighted by Gasteiger charge is -2.38. The van der Waals surface area contributed by atoms with Crippen molar-refractivity contribution in [3.63, 3.8) is 0 Å². The number of hydrogen-bond acceptors (Lipinski definition) is 6. The molecule has 2 fully saturated rings. The van der Waals surface area contributed by atoms with Crippen LogP contribution in [0, 0.1) is 5.92 Å². The van der Waals surface area contributed by atoms with Crippen molar-refractivity contribution >= 4 is 5.97 Å². The highest BCUT2D eigenvalue weighted by Crippen LogP contribution is 2.32. The Labute approximate surface area is 186 Å². The SMILES string of the molecule is COc1ccc(CCO[C@@H]2CCCC[C@@H]2N2CC[C@H](C(C(=O)O)N(C)C)C2)cc1OC. The van der Waals surface area contributed by atoms with Crippen molar-refractivity contribution in [1.29, 1.82) is 0 Å². The molecule has 0 aromatic heterocycles. The second kappa shape index (κ2) is 11.2. The van der Waals surface area contributed by atoms with Crippen LogP contribution >= 0.6 is 0 Å². The van der Waals surface area contributed by atoms with E-state index < -0.39 is 12.0 Å². The number of rotatable bonds is 10. The number of carboxylic acid groups (broad SMARTS) is 1. The van der Waals surface area contributed by atoms with Crippen molar-refractivity contribution in [2.75, 3.05) is 48.0 Å². The number of aliphatic carboxylic acids is 1. The van der Waals surface area contributed by atoms with Gasteiger partial charge in [0.15, 0.2) is 11.5 Å². The number of methoxy groups -OCH3 is 2. The van der Waals surface area contributed by atoms with Crippen molar-refractivity contribution < 1.29 is 24.1 Å². The third-order valence-corrected chi connectivity index (χ3v) is 6.82. The van der Waals surface area contributed by atoms with Gasteiger partial charge in [-0.25, -0.2) is 0 Å². The molecule has 0 amide bonds. The maximum absolute atomic E-state index is 11.7. The first-order valence-corrected chi connectivity index (χ1v) is 11.4. The lowest BCUT2D eigenvalue weighted by atomic mass is 9.91. The Hall–Kier alpha value is -1.83. The number of likely N-dealkylation sites (tertiary alicyclic amines) is 1. The minimum absolute atomic E-state index is 0.168. The average Bonchev–Trinajstić information content (AvgIpc) is 3.22. The maximum atomic E-state index is 11.7. The van der Waals surface area contributed by atoms with E-state index in [0.717, 1.165) is 50.3 Å². The molecule has 1 aromatic carbocycles. The van der Waals surface area contributed by atoms with Gasteiger partial charge in [-0.05, 0) is 69.9 Å². The van der Waals surface area contributed by atoms with Gasteiger partial charge in [-0.2, -0.15) is 0 Å². The van der Waals surface area contributed by atoms with Crippen LogP contribution in [0.25, 0.3) is 0 Å². The first kappa shape index (κ1) is 23.8. The summed E-state index contributed by atoms with van der Waals surface area (Å²) < 4.78 is 17.1. The first-order chi connectivity index (χ1) is 14.9. The van der Waals surface area contributed by atoms with E-state index in [9.17, 15) is 9.90 Å². The van der Waals surface area contributed by atoms with E-state index in [1.807, 2.05) is 31.1 Å². The molecule has 1 aliphatic heterocycles. The molecule has 0 spiro atoms. The molecule has 1 heterocycles. The predicted molar refractivity (Wildman–Crippen MR) is 120 cm³/mol. The number of likely N-dealkylation sites (N-methyl/N-ethyl adjacent to an activating group) is 1. The summed E-state index contributed by atoms with van der Waals surface area (Å²) >= 11 is 0. The van der Waals surface area contributed by atoms with Gasteiger partial charge in [0, 0.05) is 12.6 Å². The van der Waals surface area contributed by atoms with E-state index in [2.05, 4.69) is 11.0 Å². The summed E-state index contributed by atoms with van der Waals surface area (Å²) in [4.78, 5) is 16.1. The molecule has 1 aromatic rings. The maximum Gasteiger partial charge on any atom is 0.321 e. The summed E-state index contributed by atoms with van der Waals surface area (Å²) in [6.45, 7) is 2.47. The summed E-state index contributed by atoms with van der Waals surface area (Å²) in [6, 6.07) is 5.98. The molecule has 2 aliphatic rings. The van der Waals surface area contributed by atoms with Crippen LogP contribution in [0.1, 0.15) is 37.7 Å². The van der Waals surface area contributed by atoms with Crippen molar-refractivity contribution in [3.8, 4) is 11.5 Å². The fourth-order valence-corrected chi connectivity index (χ4v) is 5.27. The van der Waals surface area contributed by atoms with Crippen molar-refractivity contribution in [2.24, 2.45) is 5.92 Å². The third-order valence-electron chi connectivity index (χ3n) is 6.82. The third kappa shape index (κ3) is 5.90. The Morgan fingerprint density at radius 1 is 1.16 bits per heavy atom. The molecule has 0 radical (unpaired) electrons. The van der Waals surface area contributed by atoms with Gasteiger partial charge in [-0.3, -0.25) is 14.6 Å². The van der Waals surface area contributed by atoms with Crippen molar-refractivity contribution in [3.05, 3.63) is 23.8 Å². The fraction of sp³-hybridized carbons (Fsp3) is 0.708. The molecule has 1 unspecified atom stereocenters. The second-order valence-electron chi connectivity index (χ2n) is 8.99. The summed E-state index contributed by atoms with van der Waals surface area (Å²) in [5.41, 5.74) is 1.17. The first-order valence-electron chi connectivity index (χ1n) is 11.4. The summed E-state index contributed by atoms with van der Waals surface area (Å²) in [6.07, 6.45) is 6.61. The molecule has 31 heavy (non-hydrogen) atoms. The highest BCUT2D eigenvalue weighted by molar-refractivity contribution is 5.74. The average molecular weight is 435 g/mol. The summed E-state index contributed by atoms with van der Waals surface area (Å²) in [5, 5.41) is 9.65. The smallest absolute Gasteiger partial charge is 0.321 e. The van der Waals surface area contributed by atoms with Gasteiger partial charge >= 0.3 is 5.97 Å². The molecule has 1 N–H and O–H groups in total. The zero-order valence-electron chi connectivity index (χ0n) is 19.4. The number of ether oxygens (including phenoxy) is 3. The molecule has 1 saturated carbocycles.